The summed E-state index contributed by atoms with van der Waals surface area (Å²) in [5, 5.41) is 16.0. The van der Waals surface area contributed by atoms with E-state index in [9.17, 15) is 4.79 Å². The molecule has 106 valence electrons. The van der Waals surface area contributed by atoms with Crippen LogP contribution in [0.15, 0.2) is 36.4 Å². The van der Waals surface area contributed by atoms with E-state index in [1.54, 1.807) is 17.7 Å². The zero-order valence-electron chi connectivity index (χ0n) is 11.2. The maximum Gasteiger partial charge on any atom is 0.412 e. The van der Waals surface area contributed by atoms with Crippen molar-refractivity contribution in [1.82, 2.24) is 9.78 Å². The van der Waals surface area contributed by atoms with Crippen LogP contribution in [0.2, 0.25) is 0 Å². The van der Waals surface area contributed by atoms with Crippen molar-refractivity contribution in [3.63, 3.8) is 0 Å². The van der Waals surface area contributed by atoms with Crippen LogP contribution in [-0.4, -0.2) is 34.2 Å². The molecule has 0 saturated carbocycles. The van der Waals surface area contributed by atoms with Crippen LogP contribution in [0, 0.1) is 0 Å². The van der Waals surface area contributed by atoms with E-state index < -0.39 is 6.09 Å². The maximum atomic E-state index is 11.5. The summed E-state index contributed by atoms with van der Waals surface area (Å²) in [6, 6.07) is 11.4. The van der Waals surface area contributed by atoms with Gasteiger partial charge in [-0.05, 0) is 6.92 Å². The molecule has 0 aliphatic rings. The third-order valence-electron chi connectivity index (χ3n) is 2.67. The Hall–Kier alpha value is -2.34. The Morgan fingerprint density at radius 2 is 2.15 bits per heavy atom. The monoisotopic (exact) mass is 275 g/mol. The van der Waals surface area contributed by atoms with Gasteiger partial charge >= 0.3 is 6.09 Å². The Morgan fingerprint density at radius 1 is 1.40 bits per heavy atom. The minimum atomic E-state index is -0.536. The Bertz CT molecular complexity index is 566. The molecule has 0 saturated heterocycles. The second-order valence-electron chi connectivity index (χ2n) is 4.07. The van der Waals surface area contributed by atoms with E-state index in [1.807, 2.05) is 30.3 Å². The third-order valence-corrected chi connectivity index (χ3v) is 2.67. The molecule has 1 aromatic heterocycles. The zero-order chi connectivity index (χ0) is 14.4. The summed E-state index contributed by atoms with van der Waals surface area (Å²) in [6.07, 6.45) is -0.536. The number of anilines is 1. The van der Waals surface area contributed by atoms with Gasteiger partial charge in [0.15, 0.2) is 0 Å². The number of hydrogen-bond donors (Lipinski definition) is 2. The van der Waals surface area contributed by atoms with Crippen LogP contribution in [0.4, 0.5) is 10.6 Å². The Kier molecular flexibility index (Phi) is 4.73. The normalized spacial score (nSPS) is 10.3. The molecule has 2 aromatic rings. The molecule has 0 atom stereocenters. The first-order valence-electron chi connectivity index (χ1n) is 6.42. The van der Waals surface area contributed by atoms with Gasteiger partial charge in [0.1, 0.15) is 5.82 Å². The minimum absolute atomic E-state index is 0.0621. The van der Waals surface area contributed by atoms with Crippen molar-refractivity contribution in [2.75, 3.05) is 18.5 Å². The molecule has 2 N–H and O–H groups in total. The largest absolute Gasteiger partial charge is 0.450 e. The molecule has 0 aliphatic carbocycles. The highest BCUT2D eigenvalue weighted by Crippen LogP contribution is 2.21. The van der Waals surface area contributed by atoms with Gasteiger partial charge in [0.25, 0.3) is 0 Å². The van der Waals surface area contributed by atoms with Crippen LogP contribution in [0.3, 0.4) is 0 Å². The van der Waals surface area contributed by atoms with Crippen molar-refractivity contribution in [1.29, 1.82) is 0 Å². The van der Waals surface area contributed by atoms with Crippen molar-refractivity contribution < 1.29 is 14.6 Å². The van der Waals surface area contributed by atoms with Crippen molar-refractivity contribution >= 4 is 11.9 Å². The number of aliphatic hydroxyl groups excluding tert-OH is 1. The summed E-state index contributed by atoms with van der Waals surface area (Å²) in [5.41, 5.74) is 1.67. The number of nitrogens with one attached hydrogen (secondary N) is 1. The Morgan fingerprint density at radius 3 is 2.80 bits per heavy atom. The van der Waals surface area contributed by atoms with Crippen LogP contribution in [-0.2, 0) is 11.3 Å². The van der Waals surface area contributed by atoms with E-state index in [1.165, 1.54) is 0 Å². The van der Waals surface area contributed by atoms with Gasteiger partial charge in [-0.1, -0.05) is 30.3 Å². The van der Waals surface area contributed by atoms with E-state index in [-0.39, 0.29) is 6.61 Å². The number of carbonyl (C=O) groups is 1. The molecule has 0 spiro atoms. The Balaban J connectivity index is 2.26. The number of aromatic nitrogens is 2. The molecule has 1 heterocycles. The van der Waals surface area contributed by atoms with Crippen molar-refractivity contribution in [3.8, 4) is 11.3 Å². The van der Waals surface area contributed by atoms with Crippen LogP contribution < -0.4 is 5.32 Å². The second kappa shape index (κ2) is 6.72. The summed E-state index contributed by atoms with van der Waals surface area (Å²) >= 11 is 0. The predicted molar refractivity (Wildman–Crippen MR) is 75.4 cm³/mol. The van der Waals surface area contributed by atoms with Crippen LogP contribution in [0.1, 0.15) is 6.92 Å². The molecule has 6 nitrogen and oxygen atoms in total. The first kappa shape index (κ1) is 14.1. The van der Waals surface area contributed by atoms with Crippen molar-refractivity contribution in [2.24, 2.45) is 0 Å². The number of aliphatic hydroxyl groups is 1. The van der Waals surface area contributed by atoms with Crippen molar-refractivity contribution in [3.05, 3.63) is 36.4 Å². The lowest BCUT2D eigenvalue weighted by molar-refractivity contribution is 0.167. The minimum Gasteiger partial charge on any atom is -0.450 e. The van der Waals surface area contributed by atoms with Gasteiger partial charge in [-0.25, -0.2) is 9.48 Å². The van der Waals surface area contributed by atoms with Gasteiger partial charge in [0.2, 0.25) is 0 Å². The number of carbonyl (C=O) groups excluding carboxylic acids is 1. The molecule has 6 heteroatoms. The van der Waals surface area contributed by atoms with Crippen LogP contribution >= 0.6 is 0 Å². The standard InChI is InChI=1S/C14H17N3O3/c1-2-20-14(19)15-13-10-12(16-17(13)8-9-18)11-6-4-3-5-7-11/h3-7,10,18H,2,8-9H2,1H3,(H,15,19). The topological polar surface area (TPSA) is 76.4 Å². The smallest absolute Gasteiger partial charge is 0.412 e. The molecule has 0 bridgehead atoms. The highest BCUT2D eigenvalue weighted by Gasteiger charge is 2.12. The fourth-order valence-electron chi connectivity index (χ4n) is 1.80. The molecule has 1 aromatic carbocycles. The third kappa shape index (κ3) is 3.36. The molecule has 0 unspecified atom stereocenters. The summed E-state index contributed by atoms with van der Waals surface area (Å²) in [5.74, 6) is 0.497. The summed E-state index contributed by atoms with van der Waals surface area (Å²) in [6.45, 7) is 2.27. The van der Waals surface area contributed by atoms with Crippen LogP contribution in [0.5, 0.6) is 0 Å². The van der Waals surface area contributed by atoms with E-state index in [2.05, 4.69) is 10.4 Å². The first-order chi connectivity index (χ1) is 9.74. The number of ether oxygens (including phenoxy) is 1. The molecular weight excluding hydrogens is 258 g/mol. The second-order valence-corrected chi connectivity index (χ2v) is 4.07. The molecule has 0 fully saturated rings. The summed E-state index contributed by atoms with van der Waals surface area (Å²) in [7, 11) is 0. The molecule has 0 aliphatic heterocycles. The van der Waals surface area contributed by atoms with E-state index in [0.29, 0.717) is 19.0 Å². The lowest BCUT2D eigenvalue weighted by Crippen LogP contribution is -2.17. The van der Waals surface area contributed by atoms with Gasteiger partial charge in [0.05, 0.1) is 25.5 Å². The molecule has 1 amide bonds. The number of nitrogens with zero attached hydrogens (tertiary/aromatic N) is 2. The predicted octanol–water partition coefficient (Wildman–Crippen LogP) is 2.11. The summed E-state index contributed by atoms with van der Waals surface area (Å²) in [4.78, 5) is 11.5. The van der Waals surface area contributed by atoms with E-state index in [0.717, 1.165) is 11.3 Å². The molecular formula is C14H17N3O3. The average molecular weight is 275 g/mol. The van der Waals surface area contributed by atoms with Crippen molar-refractivity contribution in [2.45, 2.75) is 13.5 Å². The zero-order valence-corrected chi connectivity index (χ0v) is 11.2. The van der Waals surface area contributed by atoms with Crippen LogP contribution in [0.25, 0.3) is 11.3 Å². The fraction of sp³-hybridized carbons (Fsp3) is 0.286. The van der Waals surface area contributed by atoms with Gasteiger partial charge in [-0.15, -0.1) is 0 Å². The highest BCUT2D eigenvalue weighted by molar-refractivity contribution is 5.84. The lowest BCUT2D eigenvalue weighted by Gasteiger charge is -2.06. The van der Waals surface area contributed by atoms with Gasteiger partial charge in [-0.3, -0.25) is 5.32 Å². The van der Waals surface area contributed by atoms with Gasteiger partial charge in [0, 0.05) is 11.6 Å². The van der Waals surface area contributed by atoms with Gasteiger partial charge in [-0.2, -0.15) is 5.10 Å². The number of amides is 1. The molecule has 0 radical (unpaired) electrons. The average Bonchev–Trinajstić information content (AvgIpc) is 2.84. The SMILES string of the molecule is CCOC(=O)Nc1cc(-c2ccccc2)nn1CCO. The Labute approximate surface area is 117 Å². The van der Waals surface area contributed by atoms with E-state index in [4.69, 9.17) is 9.84 Å². The van der Waals surface area contributed by atoms with E-state index >= 15 is 0 Å². The number of hydrogen-bond acceptors (Lipinski definition) is 4. The fourth-order valence-corrected chi connectivity index (χ4v) is 1.80. The molecule has 2 rings (SSSR count). The molecule has 20 heavy (non-hydrogen) atoms. The highest BCUT2D eigenvalue weighted by atomic mass is 16.5. The number of benzene rings is 1. The van der Waals surface area contributed by atoms with Gasteiger partial charge < -0.3 is 9.84 Å². The lowest BCUT2D eigenvalue weighted by atomic mass is 10.2. The number of rotatable bonds is 5. The maximum absolute atomic E-state index is 11.5. The quantitative estimate of drug-likeness (QED) is 0.876. The summed E-state index contributed by atoms with van der Waals surface area (Å²) < 4.78 is 6.38. The first-order valence-corrected chi connectivity index (χ1v) is 6.42.